The summed E-state index contributed by atoms with van der Waals surface area (Å²) in [6.07, 6.45) is 3.43. The quantitative estimate of drug-likeness (QED) is 0.719. The minimum absolute atomic E-state index is 0.151. The predicted molar refractivity (Wildman–Crippen MR) is 106 cm³/mol. The van der Waals surface area contributed by atoms with Gasteiger partial charge in [0, 0.05) is 38.4 Å². The first-order chi connectivity index (χ1) is 13.1. The minimum atomic E-state index is -0.405. The Balaban J connectivity index is 1.53. The summed E-state index contributed by atoms with van der Waals surface area (Å²) in [7, 11) is 0. The maximum absolute atomic E-state index is 13.3. The molecule has 148 valence electrons. The summed E-state index contributed by atoms with van der Waals surface area (Å²) >= 11 is 6.11. The van der Waals surface area contributed by atoms with Gasteiger partial charge in [-0.1, -0.05) is 11.6 Å². The number of aliphatic imine (C=N–C) groups is 1. The van der Waals surface area contributed by atoms with E-state index in [1.807, 2.05) is 0 Å². The van der Waals surface area contributed by atoms with Gasteiger partial charge >= 0.3 is 0 Å². The van der Waals surface area contributed by atoms with Gasteiger partial charge in [-0.3, -0.25) is 4.99 Å². The Bertz CT molecular complexity index is 692. The van der Waals surface area contributed by atoms with Gasteiger partial charge in [0.15, 0.2) is 0 Å². The summed E-state index contributed by atoms with van der Waals surface area (Å²) in [5, 5.41) is 0.254. The van der Waals surface area contributed by atoms with Crippen molar-refractivity contribution in [1.29, 1.82) is 0 Å². The van der Waals surface area contributed by atoms with E-state index in [0.717, 1.165) is 58.0 Å². The summed E-state index contributed by atoms with van der Waals surface area (Å²) in [6.45, 7) is 8.64. The molecule has 5 nitrogen and oxygen atoms in total. The van der Waals surface area contributed by atoms with Crippen LogP contribution in [-0.4, -0.2) is 57.2 Å². The molecule has 0 aliphatic carbocycles. The molecule has 2 heterocycles. The van der Waals surface area contributed by atoms with Crippen molar-refractivity contribution >= 4 is 24.0 Å². The van der Waals surface area contributed by atoms with Crippen LogP contribution >= 0.6 is 11.6 Å². The van der Waals surface area contributed by atoms with Crippen LogP contribution in [0.3, 0.4) is 0 Å². The molecule has 1 aromatic rings. The molecule has 2 aliphatic heterocycles. The van der Waals surface area contributed by atoms with E-state index < -0.39 is 5.82 Å². The number of benzene rings is 1. The summed E-state index contributed by atoms with van der Waals surface area (Å²) in [5.41, 5.74) is 7.62. The fourth-order valence-electron chi connectivity index (χ4n) is 3.71. The van der Waals surface area contributed by atoms with Gasteiger partial charge in [0.05, 0.1) is 29.1 Å². The zero-order valence-corrected chi connectivity index (χ0v) is 16.3. The van der Waals surface area contributed by atoms with E-state index in [4.69, 9.17) is 26.8 Å². The summed E-state index contributed by atoms with van der Waals surface area (Å²) in [6, 6.07) is 4.12. The van der Waals surface area contributed by atoms with Gasteiger partial charge in [0.25, 0.3) is 0 Å². The van der Waals surface area contributed by atoms with E-state index >= 15 is 0 Å². The number of hydrogen-bond acceptors (Lipinski definition) is 5. The molecule has 7 heteroatoms. The average molecular weight is 396 g/mol. The Labute approximate surface area is 165 Å². The highest BCUT2D eigenvalue weighted by molar-refractivity contribution is 6.32. The lowest BCUT2D eigenvalue weighted by Gasteiger charge is -2.26. The second-order valence-corrected chi connectivity index (χ2v) is 7.60. The van der Waals surface area contributed by atoms with Crippen molar-refractivity contribution in [3.63, 3.8) is 0 Å². The Kier molecular flexibility index (Phi) is 7.24. The van der Waals surface area contributed by atoms with Crippen molar-refractivity contribution in [2.75, 3.05) is 39.5 Å². The van der Waals surface area contributed by atoms with Gasteiger partial charge in [0.2, 0.25) is 0 Å². The molecule has 2 fully saturated rings. The predicted octanol–water partition coefficient (Wildman–Crippen LogP) is 3.32. The van der Waals surface area contributed by atoms with Crippen molar-refractivity contribution < 1.29 is 13.9 Å². The van der Waals surface area contributed by atoms with Crippen LogP contribution in [0, 0.1) is 11.7 Å². The monoisotopic (exact) mass is 395 g/mol. The zero-order valence-electron chi connectivity index (χ0n) is 15.5. The van der Waals surface area contributed by atoms with Crippen molar-refractivity contribution in [2.45, 2.75) is 25.4 Å². The maximum Gasteiger partial charge on any atom is 0.124 e. The molecule has 1 unspecified atom stereocenters. The van der Waals surface area contributed by atoms with Gasteiger partial charge < -0.3 is 20.1 Å². The third kappa shape index (κ3) is 5.51. The molecule has 0 amide bonds. The summed E-state index contributed by atoms with van der Waals surface area (Å²) in [5.74, 6) is 0.317. The third-order valence-corrected chi connectivity index (χ3v) is 5.52. The minimum Gasteiger partial charge on any atom is -0.398 e. The fourth-order valence-corrected chi connectivity index (χ4v) is 3.97. The molecule has 0 bridgehead atoms. The van der Waals surface area contributed by atoms with Crippen molar-refractivity contribution in [3.8, 4) is 0 Å². The smallest absolute Gasteiger partial charge is 0.124 e. The van der Waals surface area contributed by atoms with E-state index in [2.05, 4.69) is 16.6 Å². The van der Waals surface area contributed by atoms with Crippen LogP contribution in [0.5, 0.6) is 0 Å². The molecule has 0 radical (unpaired) electrons. The first-order valence-electron chi connectivity index (χ1n) is 9.39. The molecule has 0 spiro atoms. The summed E-state index contributed by atoms with van der Waals surface area (Å²) < 4.78 is 24.7. The lowest BCUT2D eigenvalue weighted by Crippen LogP contribution is -2.32. The molecular formula is C20H27ClFN3O2. The Morgan fingerprint density at radius 1 is 1.37 bits per heavy atom. The standard InChI is InChI=1S/C20H27ClFN3O2/c1-24-20(17-3-2-15(22)10-18(17)21)19(23)13-27-16-4-7-25(12-16)11-14-5-8-26-9-6-14/h2-3,10,14,16H,1,4-9,11-13,23H2/b20-19-. The third-order valence-electron chi connectivity index (χ3n) is 5.21. The number of likely N-dealkylation sites (tertiary alicyclic amines) is 1. The Morgan fingerprint density at radius 2 is 2.15 bits per heavy atom. The first-order valence-corrected chi connectivity index (χ1v) is 9.77. The van der Waals surface area contributed by atoms with Gasteiger partial charge in [-0.25, -0.2) is 4.39 Å². The molecular weight excluding hydrogens is 369 g/mol. The highest BCUT2D eigenvalue weighted by atomic mass is 35.5. The van der Waals surface area contributed by atoms with Crippen LogP contribution in [0.2, 0.25) is 5.02 Å². The molecule has 1 atom stereocenters. The number of rotatable bonds is 7. The largest absolute Gasteiger partial charge is 0.398 e. The Hall–Kier alpha value is -1.47. The normalized spacial score (nSPS) is 22.7. The van der Waals surface area contributed by atoms with Gasteiger partial charge in [-0.15, -0.1) is 0 Å². The molecule has 27 heavy (non-hydrogen) atoms. The topological polar surface area (TPSA) is 60.1 Å². The van der Waals surface area contributed by atoms with Crippen LogP contribution in [0.15, 0.2) is 28.9 Å². The highest BCUT2D eigenvalue weighted by Crippen LogP contribution is 2.27. The Morgan fingerprint density at radius 3 is 2.85 bits per heavy atom. The molecule has 2 saturated heterocycles. The molecule has 0 aromatic heterocycles. The van der Waals surface area contributed by atoms with Crippen molar-refractivity contribution in [2.24, 2.45) is 16.6 Å². The fraction of sp³-hybridized carbons (Fsp3) is 0.550. The molecule has 0 saturated carbocycles. The molecule has 2 N–H and O–H groups in total. The summed E-state index contributed by atoms with van der Waals surface area (Å²) in [4.78, 5) is 6.44. The number of nitrogens with two attached hydrogens (primary N) is 1. The number of hydrogen-bond donors (Lipinski definition) is 1. The van der Waals surface area contributed by atoms with Crippen LogP contribution in [0.4, 0.5) is 4.39 Å². The molecule has 1 aromatic carbocycles. The zero-order chi connectivity index (χ0) is 19.2. The van der Waals surface area contributed by atoms with Crippen LogP contribution in [-0.2, 0) is 9.47 Å². The van der Waals surface area contributed by atoms with E-state index in [1.54, 1.807) is 6.07 Å². The second kappa shape index (κ2) is 9.64. The van der Waals surface area contributed by atoms with E-state index in [9.17, 15) is 4.39 Å². The molecule has 3 rings (SSSR count). The molecule has 2 aliphatic rings. The maximum atomic E-state index is 13.3. The SMILES string of the molecule is C=N/C(=C(\N)COC1CCN(CC2CCOCC2)C1)c1ccc(F)cc1Cl. The van der Waals surface area contributed by atoms with E-state index in [0.29, 0.717) is 17.0 Å². The van der Waals surface area contributed by atoms with Crippen LogP contribution in [0.1, 0.15) is 24.8 Å². The van der Waals surface area contributed by atoms with Crippen molar-refractivity contribution in [3.05, 3.63) is 40.3 Å². The first kappa shape index (κ1) is 20.3. The lowest BCUT2D eigenvalue weighted by atomic mass is 10.00. The van der Waals surface area contributed by atoms with Crippen LogP contribution < -0.4 is 5.73 Å². The number of halogens is 2. The van der Waals surface area contributed by atoms with E-state index in [1.165, 1.54) is 12.1 Å². The lowest BCUT2D eigenvalue weighted by molar-refractivity contribution is 0.0480. The van der Waals surface area contributed by atoms with Gasteiger partial charge in [0.1, 0.15) is 5.82 Å². The second-order valence-electron chi connectivity index (χ2n) is 7.19. The number of nitrogens with zero attached hydrogens (tertiary/aromatic N) is 2. The van der Waals surface area contributed by atoms with Gasteiger partial charge in [-0.05, 0) is 50.1 Å². The van der Waals surface area contributed by atoms with Crippen LogP contribution in [0.25, 0.3) is 5.70 Å². The van der Waals surface area contributed by atoms with E-state index in [-0.39, 0.29) is 17.7 Å². The number of ether oxygens (including phenoxy) is 2. The average Bonchev–Trinajstić information content (AvgIpc) is 3.10. The highest BCUT2D eigenvalue weighted by Gasteiger charge is 2.26. The van der Waals surface area contributed by atoms with Gasteiger partial charge in [-0.2, -0.15) is 0 Å². The van der Waals surface area contributed by atoms with Crippen molar-refractivity contribution in [1.82, 2.24) is 4.90 Å².